The number of aromatic nitrogens is 1. The number of piperazine rings is 1. The van der Waals surface area contributed by atoms with Crippen molar-refractivity contribution >= 4 is 17.5 Å². The summed E-state index contributed by atoms with van der Waals surface area (Å²) in [5.41, 5.74) is 4.93. The zero-order chi connectivity index (χ0) is 34.8. The predicted molar refractivity (Wildman–Crippen MR) is 191 cm³/mol. The molecule has 2 heterocycles. The van der Waals surface area contributed by atoms with Gasteiger partial charge in [-0.15, -0.1) is 0 Å². The van der Waals surface area contributed by atoms with E-state index in [1.54, 1.807) is 33.5 Å². The minimum atomic E-state index is -0.359. The zero-order valence-electron chi connectivity index (χ0n) is 29.2. The molecule has 0 saturated carbocycles. The van der Waals surface area contributed by atoms with E-state index in [4.69, 9.17) is 14.2 Å². The van der Waals surface area contributed by atoms with Gasteiger partial charge in [-0.05, 0) is 84.7 Å². The Morgan fingerprint density at radius 1 is 0.918 bits per heavy atom. The van der Waals surface area contributed by atoms with Gasteiger partial charge in [-0.3, -0.25) is 24.3 Å². The molecule has 5 rings (SSSR count). The molecule has 1 saturated heterocycles. The molecule has 0 spiro atoms. The van der Waals surface area contributed by atoms with Crippen LogP contribution < -0.4 is 30.3 Å². The number of amides is 2. The van der Waals surface area contributed by atoms with Crippen molar-refractivity contribution in [1.82, 2.24) is 20.1 Å². The smallest absolute Gasteiger partial charge is 0.222 e. The number of carbonyl (C=O) groups is 2. The topological polar surface area (TPSA) is 122 Å². The second kappa shape index (κ2) is 17.1. The van der Waals surface area contributed by atoms with Crippen molar-refractivity contribution in [3.63, 3.8) is 0 Å². The number of benzene rings is 1. The van der Waals surface area contributed by atoms with E-state index < -0.39 is 0 Å². The van der Waals surface area contributed by atoms with Crippen molar-refractivity contribution in [3.8, 4) is 28.4 Å². The minimum absolute atomic E-state index is 0.158. The first-order valence-corrected chi connectivity index (χ1v) is 17.2. The normalized spacial score (nSPS) is 15.8. The number of unbranched alkanes of at least 4 members (excludes halogenated alkanes) is 2. The number of nitrogens with zero attached hydrogens (tertiary/aromatic N) is 3. The molecule has 0 radical (unpaired) electrons. The number of hydrogen-bond donors (Lipinski definition) is 2. The number of fused-ring (bicyclic) bond motifs is 3. The van der Waals surface area contributed by atoms with Crippen LogP contribution in [0.25, 0.3) is 11.1 Å². The van der Waals surface area contributed by atoms with Gasteiger partial charge in [-0.25, -0.2) is 0 Å². The molecule has 2 aliphatic rings. The highest BCUT2D eigenvalue weighted by Crippen LogP contribution is 2.50. The van der Waals surface area contributed by atoms with Crippen LogP contribution in [0.5, 0.6) is 17.2 Å². The zero-order valence-corrected chi connectivity index (χ0v) is 29.2. The molecular weight excluding hydrogens is 622 g/mol. The molecule has 0 bridgehead atoms. The molecule has 1 aliphatic carbocycles. The van der Waals surface area contributed by atoms with E-state index in [1.807, 2.05) is 29.4 Å². The minimum Gasteiger partial charge on any atom is -0.493 e. The van der Waals surface area contributed by atoms with Crippen LogP contribution in [0.1, 0.15) is 61.8 Å². The fourth-order valence-electron chi connectivity index (χ4n) is 6.87. The highest BCUT2D eigenvalue weighted by atomic mass is 16.5. The summed E-state index contributed by atoms with van der Waals surface area (Å²) in [7, 11) is 4.74. The van der Waals surface area contributed by atoms with Gasteiger partial charge in [0.15, 0.2) is 11.5 Å². The molecule has 1 fully saturated rings. The monoisotopic (exact) mass is 671 g/mol. The lowest BCUT2D eigenvalue weighted by Crippen LogP contribution is -2.49. The van der Waals surface area contributed by atoms with Crippen molar-refractivity contribution < 1.29 is 23.8 Å². The number of rotatable bonds is 14. The summed E-state index contributed by atoms with van der Waals surface area (Å²) in [6.45, 7) is 6.44. The van der Waals surface area contributed by atoms with Crippen LogP contribution in [0.2, 0.25) is 0 Å². The number of pyridine rings is 1. The molecule has 11 nitrogen and oxygen atoms in total. The number of ether oxygens (including phenoxy) is 3. The third kappa shape index (κ3) is 8.89. The van der Waals surface area contributed by atoms with Gasteiger partial charge < -0.3 is 29.7 Å². The van der Waals surface area contributed by atoms with Crippen molar-refractivity contribution in [1.29, 1.82) is 0 Å². The summed E-state index contributed by atoms with van der Waals surface area (Å²) in [5.74, 6) is 1.60. The SMILES string of the molecule is COc1cc2c(c(OC)c1OC)-c1ccc(NCCCCCC(=O)N3CCN(CCc4ccncc4)CC3)c(=O)cc1[C@@H](NC(C)=O)CC2. The van der Waals surface area contributed by atoms with Gasteiger partial charge in [-0.2, -0.15) is 0 Å². The number of hydrogen-bond acceptors (Lipinski definition) is 9. The van der Waals surface area contributed by atoms with Crippen LogP contribution in [0, 0.1) is 0 Å². The summed E-state index contributed by atoms with van der Waals surface area (Å²) < 4.78 is 17.2. The molecule has 1 aromatic heterocycles. The maximum atomic E-state index is 13.5. The third-order valence-electron chi connectivity index (χ3n) is 9.49. The maximum Gasteiger partial charge on any atom is 0.222 e. The molecular formula is C38H49N5O6. The molecule has 11 heteroatoms. The Bertz CT molecular complexity index is 1660. The first kappa shape index (κ1) is 35.7. The Hall–Kier alpha value is -4.64. The Kier molecular flexibility index (Phi) is 12.5. The van der Waals surface area contributed by atoms with E-state index in [9.17, 15) is 14.4 Å². The van der Waals surface area contributed by atoms with E-state index in [0.29, 0.717) is 48.7 Å². The van der Waals surface area contributed by atoms with Crippen molar-refractivity contribution in [2.24, 2.45) is 0 Å². The number of aryl methyl sites for hydroxylation is 1. The Morgan fingerprint density at radius 3 is 2.37 bits per heavy atom. The van der Waals surface area contributed by atoms with Crippen LogP contribution in [-0.2, 0) is 22.4 Å². The summed E-state index contributed by atoms with van der Waals surface area (Å²) in [4.78, 5) is 47.1. The van der Waals surface area contributed by atoms with E-state index >= 15 is 0 Å². The van der Waals surface area contributed by atoms with Gasteiger partial charge in [0.1, 0.15) is 0 Å². The fraction of sp³-hybridized carbons (Fsp3) is 0.474. The molecule has 2 N–H and O–H groups in total. The van der Waals surface area contributed by atoms with Gasteiger partial charge in [0.05, 0.1) is 33.1 Å². The lowest BCUT2D eigenvalue weighted by atomic mass is 9.95. The Morgan fingerprint density at radius 2 is 1.67 bits per heavy atom. The summed E-state index contributed by atoms with van der Waals surface area (Å²) in [6.07, 6.45) is 8.95. The van der Waals surface area contributed by atoms with Gasteiger partial charge >= 0.3 is 0 Å². The molecule has 0 unspecified atom stereocenters. The van der Waals surface area contributed by atoms with Crippen LogP contribution in [0.15, 0.2) is 53.6 Å². The van der Waals surface area contributed by atoms with E-state index in [-0.39, 0.29) is 23.3 Å². The summed E-state index contributed by atoms with van der Waals surface area (Å²) in [5, 5.41) is 6.36. The standard InChI is InChI=1S/C38H49N5O6/c1-26(44)41-31-11-9-28-24-34(47-2)37(48-3)38(49-4)36(28)29-10-12-32(33(45)25-30(29)31)40-16-7-5-6-8-35(46)43-22-20-42(21-23-43)19-15-27-13-17-39-18-14-27/h10,12-14,17-18,24-25,31H,5-9,11,15-16,19-23H2,1-4H3,(H,40,45)(H,41,44)/t31-/m0/s1. The largest absolute Gasteiger partial charge is 0.493 e. The first-order valence-electron chi connectivity index (χ1n) is 17.2. The molecule has 2 amide bonds. The van der Waals surface area contributed by atoms with Gasteiger partial charge in [0, 0.05) is 70.6 Å². The summed E-state index contributed by atoms with van der Waals surface area (Å²) in [6, 6.07) is 11.0. The maximum absolute atomic E-state index is 13.5. The third-order valence-corrected chi connectivity index (χ3v) is 9.49. The average molecular weight is 672 g/mol. The van der Waals surface area contributed by atoms with E-state index in [0.717, 1.165) is 80.7 Å². The highest BCUT2D eigenvalue weighted by Gasteiger charge is 2.29. The van der Waals surface area contributed by atoms with Gasteiger partial charge in [0.2, 0.25) is 23.0 Å². The number of carbonyl (C=O) groups excluding carboxylic acids is 2. The number of methoxy groups -OCH3 is 3. The molecule has 2 aromatic carbocycles. The van der Waals surface area contributed by atoms with E-state index in [1.165, 1.54) is 12.5 Å². The first-order chi connectivity index (χ1) is 23.8. The quantitative estimate of drug-likeness (QED) is 0.237. The average Bonchev–Trinajstić information content (AvgIpc) is 3.36. The molecule has 49 heavy (non-hydrogen) atoms. The Labute approximate surface area is 289 Å². The lowest BCUT2D eigenvalue weighted by molar-refractivity contribution is -0.133. The van der Waals surface area contributed by atoms with Gasteiger partial charge in [0.25, 0.3) is 0 Å². The second-order valence-corrected chi connectivity index (χ2v) is 12.7. The number of nitrogens with one attached hydrogen (secondary N) is 2. The second-order valence-electron chi connectivity index (χ2n) is 12.7. The van der Waals surface area contributed by atoms with Crippen LogP contribution in [-0.4, -0.2) is 87.2 Å². The van der Waals surface area contributed by atoms with Crippen molar-refractivity contribution in [2.75, 3.05) is 65.9 Å². The predicted octanol–water partition coefficient (Wildman–Crippen LogP) is 4.62. The summed E-state index contributed by atoms with van der Waals surface area (Å²) >= 11 is 0. The highest BCUT2D eigenvalue weighted by molar-refractivity contribution is 5.83. The van der Waals surface area contributed by atoms with Crippen LogP contribution in [0.4, 0.5) is 5.69 Å². The van der Waals surface area contributed by atoms with E-state index in [2.05, 4.69) is 32.7 Å². The molecule has 1 atom stereocenters. The molecule has 1 aliphatic heterocycles. The number of anilines is 1. The van der Waals surface area contributed by atoms with Gasteiger partial charge in [-0.1, -0.05) is 12.5 Å². The van der Waals surface area contributed by atoms with Crippen LogP contribution >= 0.6 is 0 Å². The molecule has 3 aromatic rings. The van der Waals surface area contributed by atoms with Crippen LogP contribution in [0.3, 0.4) is 0 Å². The van der Waals surface area contributed by atoms with Crippen molar-refractivity contribution in [3.05, 3.63) is 75.7 Å². The Balaban J connectivity index is 1.17. The fourth-order valence-corrected chi connectivity index (χ4v) is 6.87. The van der Waals surface area contributed by atoms with Crippen molar-refractivity contribution in [2.45, 2.75) is 57.9 Å². The lowest BCUT2D eigenvalue weighted by Gasteiger charge is -2.34. The molecule has 262 valence electrons.